The fourth-order valence-electron chi connectivity index (χ4n) is 4.10. The molecule has 8 heteroatoms. The highest BCUT2D eigenvalue weighted by Crippen LogP contribution is 2.44. The van der Waals surface area contributed by atoms with Gasteiger partial charge in [0.05, 0.1) is 26.8 Å². The van der Waals surface area contributed by atoms with Crippen LogP contribution in [0.2, 0.25) is 0 Å². The number of nitrogens with two attached hydrogens (primary N) is 2. The van der Waals surface area contributed by atoms with Crippen LogP contribution in [0, 0.1) is 6.92 Å². The molecule has 1 unspecified atom stereocenters. The molecule has 0 fully saturated rings. The summed E-state index contributed by atoms with van der Waals surface area (Å²) in [6.45, 7) is 2.01. The molecular formula is C23H25N5O3. The van der Waals surface area contributed by atoms with E-state index in [-0.39, 0.29) is 5.95 Å². The molecule has 0 radical (unpaired) electrons. The lowest BCUT2D eigenvalue weighted by Crippen LogP contribution is -2.23. The Hall–Kier alpha value is -3.81. The molecule has 4 N–H and O–H groups in total. The van der Waals surface area contributed by atoms with Crippen LogP contribution >= 0.6 is 0 Å². The molecule has 160 valence electrons. The number of fused-ring (bicyclic) bond motifs is 1. The van der Waals surface area contributed by atoms with Crippen molar-refractivity contribution < 1.29 is 14.2 Å². The van der Waals surface area contributed by atoms with Crippen LogP contribution in [-0.2, 0) is 12.0 Å². The summed E-state index contributed by atoms with van der Waals surface area (Å²) in [4.78, 5) is 13.3. The number of allylic oxidation sites excluding steroid dienone is 1. The topological polar surface area (TPSA) is 118 Å². The molecule has 1 aliphatic heterocycles. The number of ether oxygens (including phenoxy) is 3. The van der Waals surface area contributed by atoms with E-state index in [0.717, 1.165) is 27.6 Å². The zero-order valence-electron chi connectivity index (χ0n) is 18.0. The van der Waals surface area contributed by atoms with Gasteiger partial charge < -0.3 is 25.7 Å². The summed E-state index contributed by atoms with van der Waals surface area (Å²) in [6, 6.07) is 7.81. The first-order valence-corrected chi connectivity index (χ1v) is 9.77. The van der Waals surface area contributed by atoms with Crippen molar-refractivity contribution in [3.05, 3.63) is 53.1 Å². The van der Waals surface area contributed by atoms with Gasteiger partial charge in [0.2, 0.25) is 11.7 Å². The van der Waals surface area contributed by atoms with E-state index < -0.39 is 5.54 Å². The Morgan fingerprint density at radius 2 is 1.68 bits per heavy atom. The number of methoxy groups -OCH3 is 3. The van der Waals surface area contributed by atoms with Gasteiger partial charge in [0.1, 0.15) is 11.4 Å². The second-order valence-electron chi connectivity index (χ2n) is 7.36. The van der Waals surface area contributed by atoms with Crippen molar-refractivity contribution in [2.24, 2.45) is 4.99 Å². The Morgan fingerprint density at radius 3 is 2.26 bits per heavy atom. The minimum atomic E-state index is -0.630. The van der Waals surface area contributed by atoms with Crippen molar-refractivity contribution in [2.45, 2.75) is 18.9 Å². The SMILES string of the molecule is COc1cc(C2(Cc3ccc4nc(N)nc(N)c4c3C)C=CC=N2)cc(OC)c1OC. The summed E-state index contributed by atoms with van der Waals surface area (Å²) in [5, 5.41) is 0.803. The Bertz CT molecular complexity index is 1180. The molecular weight excluding hydrogens is 394 g/mol. The van der Waals surface area contributed by atoms with Crippen LogP contribution in [0.4, 0.5) is 11.8 Å². The summed E-state index contributed by atoms with van der Waals surface area (Å²) in [5.41, 5.74) is 15.0. The lowest BCUT2D eigenvalue weighted by atomic mass is 9.82. The van der Waals surface area contributed by atoms with Crippen LogP contribution in [0.25, 0.3) is 10.9 Å². The van der Waals surface area contributed by atoms with E-state index in [4.69, 9.17) is 30.7 Å². The molecule has 4 rings (SSSR count). The van der Waals surface area contributed by atoms with Gasteiger partial charge in [-0.1, -0.05) is 12.1 Å². The first kappa shape index (κ1) is 20.5. The van der Waals surface area contributed by atoms with E-state index in [1.165, 1.54) is 0 Å². The molecule has 0 spiro atoms. The molecule has 1 aromatic heterocycles. The zero-order valence-corrected chi connectivity index (χ0v) is 18.0. The lowest BCUT2D eigenvalue weighted by Gasteiger charge is -2.28. The maximum atomic E-state index is 6.17. The molecule has 31 heavy (non-hydrogen) atoms. The number of aliphatic imine (C=N–C) groups is 1. The number of hydrogen-bond donors (Lipinski definition) is 2. The first-order valence-electron chi connectivity index (χ1n) is 9.77. The maximum Gasteiger partial charge on any atom is 0.222 e. The van der Waals surface area contributed by atoms with Crippen molar-refractivity contribution in [1.29, 1.82) is 0 Å². The highest BCUT2D eigenvalue weighted by molar-refractivity contribution is 5.92. The summed E-state index contributed by atoms with van der Waals surface area (Å²) >= 11 is 0. The third kappa shape index (κ3) is 3.39. The smallest absolute Gasteiger partial charge is 0.222 e. The number of aromatic nitrogens is 2. The fourth-order valence-corrected chi connectivity index (χ4v) is 4.10. The molecule has 2 heterocycles. The van der Waals surface area contributed by atoms with Crippen LogP contribution in [-0.4, -0.2) is 37.5 Å². The van der Waals surface area contributed by atoms with Crippen LogP contribution in [0.1, 0.15) is 16.7 Å². The zero-order chi connectivity index (χ0) is 22.2. The summed E-state index contributed by atoms with van der Waals surface area (Å²) in [5.74, 6) is 2.23. The highest BCUT2D eigenvalue weighted by Gasteiger charge is 2.33. The largest absolute Gasteiger partial charge is 0.493 e. The van der Waals surface area contributed by atoms with Crippen LogP contribution in [0.5, 0.6) is 17.2 Å². The van der Waals surface area contributed by atoms with Gasteiger partial charge in [0.25, 0.3) is 0 Å². The molecule has 1 aliphatic rings. The number of anilines is 2. The van der Waals surface area contributed by atoms with Gasteiger partial charge in [-0.25, -0.2) is 4.98 Å². The van der Waals surface area contributed by atoms with Crippen molar-refractivity contribution in [2.75, 3.05) is 32.8 Å². The Labute approximate surface area is 180 Å². The average molecular weight is 419 g/mol. The molecule has 0 aliphatic carbocycles. The maximum absolute atomic E-state index is 6.17. The molecule has 0 saturated heterocycles. The summed E-state index contributed by atoms with van der Waals surface area (Å²) in [6.07, 6.45) is 6.42. The van der Waals surface area contributed by atoms with Crippen LogP contribution < -0.4 is 25.7 Å². The van der Waals surface area contributed by atoms with Crippen molar-refractivity contribution in [3.8, 4) is 17.2 Å². The predicted octanol–water partition coefficient (Wildman–Crippen LogP) is 3.21. The highest BCUT2D eigenvalue weighted by atomic mass is 16.5. The number of benzene rings is 2. The lowest BCUT2D eigenvalue weighted by molar-refractivity contribution is 0.322. The number of hydrogen-bond acceptors (Lipinski definition) is 8. The Kier molecular flexibility index (Phi) is 5.14. The number of nitrogens with zero attached hydrogens (tertiary/aromatic N) is 3. The van der Waals surface area contributed by atoms with Gasteiger partial charge in [-0.15, -0.1) is 0 Å². The van der Waals surface area contributed by atoms with E-state index in [1.54, 1.807) is 27.5 Å². The number of rotatable bonds is 6. The Balaban J connectivity index is 1.86. The van der Waals surface area contributed by atoms with Gasteiger partial charge in [0.15, 0.2) is 11.5 Å². The molecule has 0 amide bonds. The predicted molar refractivity (Wildman–Crippen MR) is 122 cm³/mol. The van der Waals surface area contributed by atoms with Gasteiger partial charge >= 0.3 is 0 Å². The van der Waals surface area contributed by atoms with E-state index in [2.05, 4.69) is 16.0 Å². The van der Waals surface area contributed by atoms with E-state index in [1.807, 2.05) is 37.3 Å². The average Bonchev–Trinajstić information content (AvgIpc) is 3.24. The number of nitrogen functional groups attached to an aromatic ring is 2. The third-order valence-electron chi connectivity index (χ3n) is 5.67. The van der Waals surface area contributed by atoms with Gasteiger partial charge in [-0.05, 0) is 47.9 Å². The van der Waals surface area contributed by atoms with Gasteiger partial charge in [-0.3, -0.25) is 4.99 Å². The normalized spacial score (nSPS) is 17.3. The summed E-state index contributed by atoms with van der Waals surface area (Å²) < 4.78 is 16.6. The quantitative estimate of drug-likeness (QED) is 0.630. The van der Waals surface area contributed by atoms with E-state index in [9.17, 15) is 0 Å². The Morgan fingerprint density at radius 1 is 0.968 bits per heavy atom. The minimum Gasteiger partial charge on any atom is -0.493 e. The van der Waals surface area contributed by atoms with E-state index in [0.29, 0.717) is 29.5 Å². The van der Waals surface area contributed by atoms with Crippen molar-refractivity contribution >= 4 is 28.9 Å². The standard InChI is InChI=1S/C23H25N5O3/c1-13-14(6-7-16-19(13)21(24)28-22(25)27-16)12-23(8-5-9-26-23)15-10-17(29-2)20(31-4)18(11-15)30-3/h5-11H,12H2,1-4H3,(H4,24,25,27,28). The molecule has 3 aromatic rings. The molecule has 0 bridgehead atoms. The van der Waals surface area contributed by atoms with Gasteiger partial charge in [0, 0.05) is 18.0 Å². The first-order chi connectivity index (χ1) is 14.9. The van der Waals surface area contributed by atoms with E-state index >= 15 is 0 Å². The fraction of sp³-hybridized carbons (Fsp3) is 0.261. The molecule has 8 nitrogen and oxygen atoms in total. The van der Waals surface area contributed by atoms with Crippen molar-refractivity contribution in [3.63, 3.8) is 0 Å². The monoisotopic (exact) mass is 419 g/mol. The van der Waals surface area contributed by atoms with Gasteiger partial charge in [-0.2, -0.15) is 4.98 Å². The van der Waals surface area contributed by atoms with Crippen LogP contribution in [0.15, 0.2) is 41.4 Å². The minimum absolute atomic E-state index is 0.161. The second kappa shape index (κ2) is 7.79. The second-order valence-corrected chi connectivity index (χ2v) is 7.36. The summed E-state index contributed by atoms with van der Waals surface area (Å²) in [7, 11) is 4.79. The molecule has 2 aromatic carbocycles. The molecule has 1 atom stereocenters. The third-order valence-corrected chi connectivity index (χ3v) is 5.67. The van der Waals surface area contributed by atoms with Crippen LogP contribution in [0.3, 0.4) is 0 Å². The molecule has 0 saturated carbocycles. The number of aryl methyl sites for hydroxylation is 1. The van der Waals surface area contributed by atoms with Crippen molar-refractivity contribution in [1.82, 2.24) is 9.97 Å².